The number of aromatic amines is 1. The van der Waals surface area contributed by atoms with E-state index in [4.69, 9.17) is 0 Å². The van der Waals surface area contributed by atoms with E-state index in [0.29, 0.717) is 0 Å². The molecule has 0 bridgehead atoms. The molecule has 1 aromatic heterocycles. The van der Waals surface area contributed by atoms with Gasteiger partial charge in [-0.15, -0.1) is 0 Å². The van der Waals surface area contributed by atoms with Crippen molar-refractivity contribution >= 4 is 0 Å². The fourth-order valence-corrected chi connectivity index (χ4v) is 0.895. The van der Waals surface area contributed by atoms with E-state index in [1.165, 1.54) is 0 Å². The van der Waals surface area contributed by atoms with Crippen LogP contribution in [-0.2, 0) is 6.18 Å². The maximum Gasteiger partial charge on any atom is 0.431 e. The van der Waals surface area contributed by atoms with Crippen molar-refractivity contribution in [1.82, 2.24) is 4.98 Å². The van der Waals surface area contributed by atoms with Crippen LogP contribution in [0.3, 0.4) is 0 Å². The second-order valence-electron chi connectivity index (χ2n) is 2.57. The van der Waals surface area contributed by atoms with Gasteiger partial charge in [0, 0.05) is 6.07 Å². The molecule has 1 heterocycles. The van der Waals surface area contributed by atoms with Crippen LogP contribution < -0.4 is 5.43 Å². The van der Waals surface area contributed by atoms with Gasteiger partial charge in [0.05, 0.1) is 0 Å². The summed E-state index contributed by atoms with van der Waals surface area (Å²) in [5.41, 5.74) is -4.98. The zero-order valence-electron chi connectivity index (χ0n) is 6.83. The molecule has 0 saturated heterocycles. The summed E-state index contributed by atoms with van der Waals surface area (Å²) in [6, 6.07) is -0.107. The zero-order chi connectivity index (χ0) is 11.8. The van der Waals surface area contributed by atoms with Gasteiger partial charge in [-0.2, -0.15) is 17.6 Å². The Hall–Kier alpha value is -1.47. The van der Waals surface area contributed by atoms with Crippen molar-refractivity contribution in [3.8, 4) is 0 Å². The van der Waals surface area contributed by atoms with Crippen LogP contribution in [-0.4, -0.2) is 4.98 Å². The summed E-state index contributed by atoms with van der Waals surface area (Å²) in [4.78, 5) is 11.8. The van der Waals surface area contributed by atoms with Gasteiger partial charge in [-0.3, -0.25) is 4.79 Å². The minimum atomic E-state index is -4.99. The average molecular weight is 231 g/mol. The lowest BCUT2D eigenvalue weighted by Crippen LogP contribution is -2.19. The van der Waals surface area contributed by atoms with E-state index in [1.54, 1.807) is 0 Å². The largest absolute Gasteiger partial charge is 0.431 e. The van der Waals surface area contributed by atoms with Crippen molar-refractivity contribution < 1.29 is 26.3 Å². The lowest BCUT2D eigenvalue weighted by molar-refractivity contribution is -0.141. The lowest BCUT2D eigenvalue weighted by Gasteiger charge is -2.08. The first kappa shape index (κ1) is 11.6. The molecule has 0 aliphatic rings. The van der Waals surface area contributed by atoms with Gasteiger partial charge in [0.15, 0.2) is 5.43 Å². The molecule has 0 fully saturated rings. The molecule has 1 N–H and O–H groups in total. The quantitative estimate of drug-likeness (QED) is 0.584. The normalized spacial score (nSPS) is 12.2. The first-order valence-electron chi connectivity index (χ1n) is 3.51. The Morgan fingerprint density at radius 2 is 1.80 bits per heavy atom. The van der Waals surface area contributed by atoms with Gasteiger partial charge in [0.2, 0.25) is 5.95 Å². The summed E-state index contributed by atoms with van der Waals surface area (Å²) in [7, 11) is 0. The molecular formula is C7H3F6NO. The van der Waals surface area contributed by atoms with E-state index in [9.17, 15) is 31.1 Å². The zero-order valence-corrected chi connectivity index (χ0v) is 6.83. The van der Waals surface area contributed by atoms with E-state index in [-0.39, 0.29) is 6.07 Å². The monoisotopic (exact) mass is 231 g/mol. The highest BCUT2D eigenvalue weighted by Gasteiger charge is 2.34. The summed E-state index contributed by atoms with van der Waals surface area (Å²) in [5.74, 6) is -1.97. The van der Waals surface area contributed by atoms with Gasteiger partial charge in [-0.25, -0.2) is 8.78 Å². The Morgan fingerprint density at radius 1 is 1.27 bits per heavy atom. The van der Waals surface area contributed by atoms with E-state index in [1.807, 2.05) is 0 Å². The van der Waals surface area contributed by atoms with Crippen LogP contribution in [0.5, 0.6) is 0 Å². The van der Waals surface area contributed by atoms with Crippen molar-refractivity contribution in [2.75, 3.05) is 0 Å². The Morgan fingerprint density at radius 3 is 2.13 bits per heavy atom. The molecule has 0 aliphatic carbocycles. The van der Waals surface area contributed by atoms with Crippen LogP contribution in [0.4, 0.5) is 26.3 Å². The molecule has 0 radical (unpaired) electrons. The lowest BCUT2D eigenvalue weighted by atomic mass is 10.2. The second kappa shape index (κ2) is 3.59. The van der Waals surface area contributed by atoms with Crippen LogP contribution in [0.2, 0.25) is 0 Å². The number of rotatable bonds is 1. The second-order valence-corrected chi connectivity index (χ2v) is 2.57. The smallest absolute Gasteiger partial charge is 0.327 e. The number of nitrogens with one attached hydrogen (secondary N) is 1. The first-order chi connectivity index (χ1) is 6.73. The Labute approximate surface area is 78.5 Å². The predicted molar refractivity (Wildman–Crippen MR) is 37.0 cm³/mol. The molecule has 15 heavy (non-hydrogen) atoms. The minimum Gasteiger partial charge on any atom is -0.327 e. The maximum absolute atomic E-state index is 12.7. The number of hydrogen-bond donors (Lipinski definition) is 1. The van der Waals surface area contributed by atoms with E-state index >= 15 is 0 Å². The highest BCUT2D eigenvalue weighted by atomic mass is 19.4. The van der Waals surface area contributed by atoms with E-state index in [2.05, 4.69) is 0 Å². The van der Waals surface area contributed by atoms with E-state index < -0.39 is 35.2 Å². The number of aromatic nitrogens is 1. The number of H-pyrrole nitrogens is 1. The number of halogens is 6. The molecule has 1 aromatic rings. The van der Waals surface area contributed by atoms with Gasteiger partial charge in [0.25, 0.3) is 6.43 Å². The third-order valence-electron chi connectivity index (χ3n) is 1.55. The van der Waals surface area contributed by atoms with Gasteiger partial charge < -0.3 is 4.98 Å². The molecule has 0 aliphatic heterocycles. The summed E-state index contributed by atoms with van der Waals surface area (Å²) in [6.07, 6.45) is -8.45. The minimum absolute atomic E-state index is 0.107. The van der Waals surface area contributed by atoms with Gasteiger partial charge in [-0.1, -0.05) is 0 Å². The SMILES string of the molecule is O=c1cc(C(F)(F)F)[nH]c(F)c1C(F)F. The van der Waals surface area contributed by atoms with Crippen molar-refractivity contribution in [2.24, 2.45) is 0 Å². The van der Waals surface area contributed by atoms with Crippen molar-refractivity contribution in [3.05, 3.63) is 33.5 Å². The van der Waals surface area contributed by atoms with Gasteiger partial charge >= 0.3 is 6.18 Å². The third-order valence-corrected chi connectivity index (χ3v) is 1.55. The highest BCUT2D eigenvalue weighted by Crippen LogP contribution is 2.28. The fraction of sp³-hybridized carbons (Fsp3) is 0.286. The summed E-state index contributed by atoms with van der Waals surface area (Å²) < 4.78 is 72.5. The first-order valence-corrected chi connectivity index (χ1v) is 3.51. The molecule has 8 heteroatoms. The number of alkyl halides is 5. The standard InChI is InChI=1S/C7H3F6NO/c8-5(9)4-2(15)1-3(7(11,12)13)14-6(4)10/h1,5H,(H,14,15). The summed E-state index contributed by atoms with van der Waals surface area (Å²) in [6.45, 7) is 0. The van der Waals surface area contributed by atoms with Crippen LogP contribution >= 0.6 is 0 Å². The van der Waals surface area contributed by atoms with Crippen LogP contribution in [0.15, 0.2) is 10.9 Å². The molecule has 0 amide bonds. The summed E-state index contributed by atoms with van der Waals surface area (Å²) >= 11 is 0. The Kier molecular flexibility index (Phi) is 2.78. The van der Waals surface area contributed by atoms with Gasteiger partial charge in [-0.05, 0) is 0 Å². The molecule has 0 saturated carbocycles. The van der Waals surface area contributed by atoms with Gasteiger partial charge in [0.1, 0.15) is 11.3 Å². The average Bonchev–Trinajstić information content (AvgIpc) is 1.99. The molecule has 0 unspecified atom stereocenters. The third kappa shape index (κ3) is 2.31. The van der Waals surface area contributed by atoms with E-state index in [0.717, 1.165) is 4.98 Å². The highest BCUT2D eigenvalue weighted by molar-refractivity contribution is 5.18. The van der Waals surface area contributed by atoms with Crippen LogP contribution in [0, 0.1) is 5.95 Å². The summed E-state index contributed by atoms with van der Waals surface area (Å²) in [5, 5.41) is 0. The maximum atomic E-state index is 12.7. The van der Waals surface area contributed by atoms with Crippen LogP contribution in [0.1, 0.15) is 17.7 Å². The molecule has 2 nitrogen and oxygen atoms in total. The molecule has 0 atom stereocenters. The Balaban J connectivity index is 3.39. The topological polar surface area (TPSA) is 32.9 Å². The molecule has 1 rings (SSSR count). The van der Waals surface area contributed by atoms with Crippen molar-refractivity contribution in [2.45, 2.75) is 12.6 Å². The van der Waals surface area contributed by atoms with Crippen molar-refractivity contribution in [3.63, 3.8) is 0 Å². The molecule has 0 aromatic carbocycles. The molecule has 0 spiro atoms. The molecule has 84 valence electrons. The van der Waals surface area contributed by atoms with Crippen LogP contribution in [0.25, 0.3) is 0 Å². The fourth-order valence-electron chi connectivity index (χ4n) is 0.895. The molecular weight excluding hydrogens is 228 g/mol. The van der Waals surface area contributed by atoms with Crippen molar-refractivity contribution in [1.29, 1.82) is 0 Å². The Bertz CT molecular complexity index is 420. The predicted octanol–water partition coefficient (Wildman–Crippen LogP) is 2.47. The number of hydrogen-bond acceptors (Lipinski definition) is 1. The number of pyridine rings is 1.